The Morgan fingerprint density at radius 1 is 1.35 bits per heavy atom. The van der Waals surface area contributed by atoms with Crippen LogP contribution < -0.4 is 5.56 Å². The molecular formula is C23H26N2O4S2. The summed E-state index contributed by atoms with van der Waals surface area (Å²) in [4.78, 5) is 32.5. The fraction of sp³-hybridized carbons (Fsp3) is 0.435. The zero-order valence-corrected chi connectivity index (χ0v) is 19.9. The van der Waals surface area contributed by atoms with Gasteiger partial charge in [0.2, 0.25) is 0 Å². The molecule has 0 radical (unpaired) electrons. The largest absolute Gasteiger partial charge is 0.468 e. The second kappa shape index (κ2) is 8.76. The smallest absolute Gasteiger partial charge is 0.318 e. The number of aryl methyl sites for hydroxylation is 1. The predicted molar refractivity (Wildman–Crippen MR) is 124 cm³/mol. The lowest BCUT2D eigenvalue weighted by Crippen LogP contribution is -2.28. The number of benzene rings is 1. The third-order valence-electron chi connectivity index (χ3n) is 5.53. The van der Waals surface area contributed by atoms with Gasteiger partial charge >= 0.3 is 5.97 Å². The molecule has 8 heteroatoms. The number of thioether (sulfide) groups is 1. The Morgan fingerprint density at radius 3 is 2.81 bits per heavy atom. The summed E-state index contributed by atoms with van der Waals surface area (Å²) in [5, 5.41) is 0.667. The first-order chi connectivity index (χ1) is 14.8. The van der Waals surface area contributed by atoms with E-state index in [1.165, 1.54) is 30.2 Å². The molecule has 2 atom stereocenters. The first-order valence-corrected chi connectivity index (χ1v) is 12.0. The van der Waals surface area contributed by atoms with Gasteiger partial charge < -0.3 is 9.47 Å². The van der Waals surface area contributed by atoms with Crippen LogP contribution in [0.15, 0.2) is 34.2 Å². The molecule has 0 amide bonds. The van der Waals surface area contributed by atoms with E-state index >= 15 is 0 Å². The predicted octanol–water partition coefficient (Wildman–Crippen LogP) is 4.51. The molecule has 0 saturated heterocycles. The summed E-state index contributed by atoms with van der Waals surface area (Å²) in [5.74, 6) is 0.0135. The van der Waals surface area contributed by atoms with Gasteiger partial charge in [0.05, 0.1) is 30.9 Å². The lowest BCUT2D eigenvalue weighted by atomic mass is 9.96. The number of nitrogens with zero attached hydrogens (tertiary/aromatic N) is 2. The molecular weight excluding hydrogens is 432 g/mol. The molecule has 0 fully saturated rings. The summed E-state index contributed by atoms with van der Waals surface area (Å²) in [6.07, 6.45) is 0.800. The van der Waals surface area contributed by atoms with Gasteiger partial charge in [0.1, 0.15) is 10.1 Å². The van der Waals surface area contributed by atoms with E-state index in [-0.39, 0.29) is 17.6 Å². The van der Waals surface area contributed by atoms with Crippen molar-refractivity contribution in [3.63, 3.8) is 0 Å². The van der Waals surface area contributed by atoms with E-state index in [0.29, 0.717) is 34.3 Å². The van der Waals surface area contributed by atoms with Crippen LogP contribution in [0.25, 0.3) is 15.9 Å². The highest BCUT2D eigenvalue weighted by Crippen LogP contribution is 2.36. The Morgan fingerprint density at radius 2 is 2.13 bits per heavy atom. The molecule has 3 heterocycles. The number of carbonyl (C=O) groups is 1. The number of hydrogen-bond acceptors (Lipinski definition) is 7. The van der Waals surface area contributed by atoms with E-state index < -0.39 is 5.25 Å². The maximum absolute atomic E-state index is 13.9. The highest BCUT2D eigenvalue weighted by molar-refractivity contribution is 8.00. The first-order valence-electron chi connectivity index (χ1n) is 10.3. The Hall–Kier alpha value is -2.16. The maximum atomic E-state index is 13.9. The molecule has 0 unspecified atom stereocenters. The number of fused-ring (bicyclic) bond motifs is 3. The molecule has 0 bridgehead atoms. The topological polar surface area (TPSA) is 70.4 Å². The summed E-state index contributed by atoms with van der Waals surface area (Å²) in [7, 11) is 1.36. The normalized spacial score (nSPS) is 17.0. The fourth-order valence-electron chi connectivity index (χ4n) is 3.78. The van der Waals surface area contributed by atoms with Gasteiger partial charge in [0, 0.05) is 11.3 Å². The molecule has 2 aromatic heterocycles. The molecule has 0 saturated carbocycles. The molecule has 164 valence electrons. The summed E-state index contributed by atoms with van der Waals surface area (Å²) in [6, 6.07) is 7.76. The van der Waals surface area contributed by atoms with Crippen LogP contribution in [-0.4, -0.2) is 34.0 Å². The number of aromatic nitrogens is 2. The summed E-state index contributed by atoms with van der Waals surface area (Å²) < 4.78 is 12.5. The molecule has 3 aromatic rings. The van der Waals surface area contributed by atoms with Crippen molar-refractivity contribution >= 4 is 39.3 Å². The number of methoxy groups -OCH3 is 1. The number of carbonyl (C=O) groups excluding carboxylic acids is 1. The molecule has 31 heavy (non-hydrogen) atoms. The van der Waals surface area contributed by atoms with Gasteiger partial charge in [-0.05, 0) is 43.0 Å². The summed E-state index contributed by atoms with van der Waals surface area (Å²) in [6.45, 7) is 8.52. The zero-order chi connectivity index (χ0) is 22.3. The first kappa shape index (κ1) is 22.0. The number of thiophene rings is 1. The van der Waals surface area contributed by atoms with Crippen LogP contribution in [0.2, 0.25) is 0 Å². The van der Waals surface area contributed by atoms with Crippen molar-refractivity contribution in [2.24, 2.45) is 5.92 Å². The Balaban J connectivity index is 1.93. The minimum Gasteiger partial charge on any atom is -0.468 e. The number of rotatable bonds is 5. The average molecular weight is 459 g/mol. The van der Waals surface area contributed by atoms with E-state index in [1.54, 1.807) is 11.5 Å². The van der Waals surface area contributed by atoms with Gasteiger partial charge in [-0.15, -0.1) is 11.3 Å². The molecule has 6 nitrogen and oxygen atoms in total. The van der Waals surface area contributed by atoms with E-state index in [0.717, 1.165) is 21.7 Å². The fourth-order valence-corrected chi connectivity index (χ4v) is 5.90. The molecule has 1 aromatic carbocycles. The highest BCUT2D eigenvalue weighted by atomic mass is 32.2. The van der Waals surface area contributed by atoms with Crippen LogP contribution in [0.1, 0.15) is 36.8 Å². The lowest BCUT2D eigenvalue weighted by Gasteiger charge is -2.26. The Labute approximate surface area is 189 Å². The SMILES string of the molecule is COC(=O)[C@H](C)Sc1nc2sc3c(c2c(=O)n1-c1cccc(C)c1)C[C@H](C(C)C)OC3. The molecule has 0 aliphatic carbocycles. The van der Waals surface area contributed by atoms with Crippen LogP contribution in [-0.2, 0) is 27.3 Å². The van der Waals surface area contributed by atoms with Crippen molar-refractivity contribution in [3.8, 4) is 5.69 Å². The molecule has 4 rings (SSSR count). The Kier molecular flexibility index (Phi) is 6.23. The van der Waals surface area contributed by atoms with Gasteiger partial charge in [-0.2, -0.15) is 0 Å². The minimum absolute atomic E-state index is 0.0884. The zero-order valence-electron chi connectivity index (χ0n) is 18.3. The van der Waals surface area contributed by atoms with Crippen molar-refractivity contribution in [1.82, 2.24) is 9.55 Å². The van der Waals surface area contributed by atoms with Gasteiger partial charge in [-0.25, -0.2) is 4.98 Å². The van der Waals surface area contributed by atoms with Gasteiger partial charge in [0.15, 0.2) is 5.16 Å². The monoisotopic (exact) mass is 458 g/mol. The summed E-state index contributed by atoms with van der Waals surface area (Å²) in [5.41, 5.74) is 2.74. The standard InChI is InChI=1S/C23H26N2O4S2/c1-12(2)17-10-16-18(11-29-17)31-20-19(16)21(26)25(15-8-6-7-13(3)9-15)23(24-20)30-14(4)22(27)28-5/h6-9,12,14,17H,10-11H2,1-5H3/t14-,17+/m0/s1. The third kappa shape index (κ3) is 4.16. The van der Waals surface area contributed by atoms with Crippen LogP contribution in [0, 0.1) is 12.8 Å². The van der Waals surface area contributed by atoms with Crippen LogP contribution in [0.4, 0.5) is 0 Å². The van der Waals surface area contributed by atoms with Crippen molar-refractivity contribution in [2.75, 3.05) is 7.11 Å². The van der Waals surface area contributed by atoms with Gasteiger partial charge in [-0.1, -0.05) is 37.7 Å². The minimum atomic E-state index is -0.492. The number of ether oxygens (including phenoxy) is 2. The van der Waals surface area contributed by atoms with Crippen LogP contribution in [0.3, 0.4) is 0 Å². The average Bonchev–Trinajstić information content (AvgIpc) is 3.10. The molecule has 1 aliphatic heterocycles. The van der Waals surface area contributed by atoms with E-state index in [1.807, 2.05) is 31.2 Å². The van der Waals surface area contributed by atoms with E-state index in [9.17, 15) is 9.59 Å². The van der Waals surface area contributed by atoms with Gasteiger partial charge in [-0.3, -0.25) is 14.2 Å². The summed E-state index contributed by atoms with van der Waals surface area (Å²) >= 11 is 2.75. The lowest BCUT2D eigenvalue weighted by molar-refractivity contribution is -0.139. The van der Waals surface area contributed by atoms with E-state index in [2.05, 4.69) is 13.8 Å². The highest BCUT2D eigenvalue weighted by Gasteiger charge is 2.29. The molecule has 0 spiro atoms. The molecule has 1 aliphatic rings. The maximum Gasteiger partial charge on any atom is 0.318 e. The second-order valence-corrected chi connectivity index (χ2v) is 10.5. The van der Waals surface area contributed by atoms with Crippen molar-refractivity contribution in [2.45, 2.75) is 57.2 Å². The van der Waals surface area contributed by atoms with Crippen molar-refractivity contribution in [3.05, 3.63) is 50.6 Å². The van der Waals surface area contributed by atoms with E-state index in [4.69, 9.17) is 14.5 Å². The number of hydrogen-bond donors (Lipinski definition) is 0. The second-order valence-electron chi connectivity index (χ2n) is 8.14. The van der Waals surface area contributed by atoms with Crippen molar-refractivity contribution in [1.29, 1.82) is 0 Å². The Bertz CT molecular complexity index is 1200. The number of esters is 1. The quantitative estimate of drug-likeness (QED) is 0.318. The molecule has 0 N–H and O–H groups in total. The van der Waals surface area contributed by atoms with Crippen LogP contribution in [0.5, 0.6) is 0 Å². The third-order valence-corrected chi connectivity index (χ3v) is 7.66. The van der Waals surface area contributed by atoms with Gasteiger partial charge in [0.25, 0.3) is 5.56 Å². The van der Waals surface area contributed by atoms with Crippen molar-refractivity contribution < 1.29 is 14.3 Å². The van der Waals surface area contributed by atoms with Crippen LogP contribution >= 0.6 is 23.1 Å².